The molecule has 2 aliphatic heterocycles. The molecule has 0 bridgehead atoms. The first-order valence-electron chi connectivity index (χ1n) is 11.5. The van der Waals surface area contributed by atoms with Crippen molar-refractivity contribution in [3.05, 3.63) is 47.0 Å². The van der Waals surface area contributed by atoms with Gasteiger partial charge in [-0.25, -0.2) is 14.6 Å². The van der Waals surface area contributed by atoms with Gasteiger partial charge in [0.2, 0.25) is 5.91 Å². The van der Waals surface area contributed by atoms with Crippen LogP contribution in [0.25, 0.3) is 0 Å². The fraction of sp³-hybridized carbons (Fsp3) is 0.500. The van der Waals surface area contributed by atoms with E-state index in [0.717, 1.165) is 11.5 Å². The van der Waals surface area contributed by atoms with Crippen molar-refractivity contribution in [1.29, 1.82) is 0 Å². The van der Waals surface area contributed by atoms with Crippen molar-refractivity contribution in [2.45, 2.75) is 59.2 Å². The third-order valence-electron chi connectivity index (χ3n) is 6.37. The lowest BCUT2D eigenvalue weighted by Gasteiger charge is -2.40. The Balaban J connectivity index is 1.35. The molecule has 0 unspecified atom stereocenters. The number of hydrogen-bond acceptors (Lipinski definition) is 4. The second-order valence-corrected chi connectivity index (χ2v) is 10.5. The van der Waals surface area contributed by atoms with Crippen LogP contribution in [0.5, 0.6) is 0 Å². The van der Waals surface area contributed by atoms with Crippen LogP contribution in [0, 0.1) is 12.3 Å². The molecular formula is C24H31ClN6O3. The van der Waals surface area contributed by atoms with Crippen molar-refractivity contribution in [3.8, 4) is 0 Å². The molecule has 2 N–H and O–H groups in total. The van der Waals surface area contributed by atoms with Crippen LogP contribution >= 0.6 is 11.6 Å². The fourth-order valence-corrected chi connectivity index (χ4v) is 4.66. The highest BCUT2D eigenvalue weighted by molar-refractivity contribution is 6.30. The summed E-state index contributed by atoms with van der Waals surface area (Å²) in [6.45, 7) is 9.22. The number of piperidine rings is 1. The van der Waals surface area contributed by atoms with Crippen LogP contribution in [-0.4, -0.2) is 62.5 Å². The molecule has 1 atom stereocenters. The second kappa shape index (κ2) is 9.29. The number of hydrogen-bond donors (Lipinski definition) is 2. The van der Waals surface area contributed by atoms with Crippen LogP contribution in [0.1, 0.15) is 45.1 Å². The SMILES string of the molecule is Cc1cn2c(n1)CN(C1CCN(C(=O)[C@H](NC(=O)Nc3ccc(Cl)cc3)C(C)(C)C)CC1)C2=O. The number of carbonyl (C=O) groups excluding carboxylic acids is 3. The molecule has 1 saturated heterocycles. The number of anilines is 1. The van der Waals surface area contributed by atoms with Gasteiger partial charge in [0.25, 0.3) is 0 Å². The molecular weight excluding hydrogens is 456 g/mol. The molecule has 1 fully saturated rings. The standard InChI is InChI=1S/C24H31ClN6O3/c1-15-13-31-19(26-15)14-30(23(31)34)18-9-11-29(12-10-18)21(32)20(24(2,3)4)28-22(33)27-17-7-5-16(25)6-8-17/h5-8,13,18,20H,9-12,14H2,1-4H3,(H2,27,28,33)/t20-/m0/s1. The number of amides is 4. The Morgan fingerprint density at radius 2 is 1.79 bits per heavy atom. The van der Waals surface area contributed by atoms with E-state index in [-0.39, 0.29) is 18.0 Å². The second-order valence-electron chi connectivity index (χ2n) is 10.0. The minimum absolute atomic E-state index is 0.0477. The summed E-state index contributed by atoms with van der Waals surface area (Å²) in [5.74, 6) is 0.651. The Hall–Kier alpha value is -3.07. The van der Waals surface area contributed by atoms with E-state index in [2.05, 4.69) is 15.6 Å². The van der Waals surface area contributed by atoms with E-state index in [0.29, 0.717) is 43.2 Å². The van der Waals surface area contributed by atoms with Gasteiger partial charge in [-0.3, -0.25) is 9.36 Å². The number of imidazole rings is 1. The maximum absolute atomic E-state index is 13.4. The molecule has 10 heteroatoms. The number of aryl methyl sites for hydroxylation is 1. The van der Waals surface area contributed by atoms with Gasteiger partial charge in [-0.1, -0.05) is 32.4 Å². The van der Waals surface area contributed by atoms with Crippen molar-refractivity contribution < 1.29 is 14.4 Å². The number of likely N-dealkylation sites (tertiary alicyclic amines) is 1. The largest absolute Gasteiger partial charge is 0.341 e. The molecule has 1 aromatic heterocycles. The van der Waals surface area contributed by atoms with Gasteiger partial charge >= 0.3 is 12.1 Å². The lowest BCUT2D eigenvalue weighted by molar-refractivity contribution is -0.137. The average molecular weight is 487 g/mol. The van der Waals surface area contributed by atoms with E-state index in [1.54, 1.807) is 39.9 Å². The van der Waals surface area contributed by atoms with Crippen molar-refractivity contribution in [2.75, 3.05) is 18.4 Å². The monoisotopic (exact) mass is 486 g/mol. The quantitative estimate of drug-likeness (QED) is 0.685. The summed E-state index contributed by atoms with van der Waals surface area (Å²) in [5, 5.41) is 6.19. The normalized spacial score (nSPS) is 17.5. The predicted molar refractivity (Wildman–Crippen MR) is 130 cm³/mol. The highest BCUT2D eigenvalue weighted by Gasteiger charge is 2.40. The van der Waals surface area contributed by atoms with Gasteiger partial charge in [-0.15, -0.1) is 0 Å². The van der Waals surface area contributed by atoms with E-state index in [1.807, 2.05) is 32.6 Å². The van der Waals surface area contributed by atoms with E-state index >= 15 is 0 Å². The minimum Gasteiger partial charge on any atom is -0.341 e. The lowest BCUT2D eigenvalue weighted by Crippen LogP contribution is -2.57. The van der Waals surface area contributed by atoms with E-state index in [1.165, 1.54) is 0 Å². The Morgan fingerprint density at radius 3 is 2.38 bits per heavy atom. The minimum atomic E-state index is -0.697. The van der Waals surface area contributed by atoms with Crippen LogP contribution < -0.4 is 10.6 Å². The summed E-state index contributed by atoms with van der Waals surface area (Å²) in [5.41, 5.74) is 0.945. The Kier molecular flexibility index (Phi) is 6.58. The van der Waals surface area contributed by atoms with Gasteiger partial charge in [0.05, 0.1) is 12.2 Å². The summed E-state index contributed by atoms with van der Waals surface area (Å²) in [7, 11) is 0. The average Bonchev–Trinajstić information content (AvgIpc) is 3.29. The van der Waals surface area contributed by atoms with Crippen LogP contribution in [0.2, 0.25) is 5.02 Å². The summed E-state index contributed by atoms with van der Waals surface area (Å²) < 4.78 is 1.62. The number of halogens is 1. The topological polar surface area (TPSA) is 99.6 Å². The lowest BCUT2D eigenvalue weighted by atomic mass is 9.85. The number of benzene rings is 1. The van der Waals surface area contributed by atoms with Gasteiger partial charge in [-0.05, 0) is 49.4 Å². The Labute approximate surface area is 204 Å². The summed E-state index contributed by atoms with van der Waals surface area (Å²) in [6.07, 6.45) is 3.15. The molecule has 2 aliphatic rings. The van der Waals surface area contributed by atoms with Crippen molar-refractivity contribution in [1.82, 2.24) is 24.7 Å². The van der Waals surface area contributed by atoms with Gasteiger partial charge in [0.15, 0.2) is 0 Å². The molecule has 182 valence electrons. The first-order valence-corrected chi connectivity index (χ1v) is 11.9. The van der Waals surface area contributed by atoms with Gasteiger partial charge < -0.3 is 20.4 Å². The molecule has 0 aliphatic carbocycles. The first-order chi connectivity index (χ1) is 16.0. The number of urea groups is 1. The Morgan fingerprint density at radius 1 is 1.15 bits per heavy atom. The Bertz CT molecular complexity index is 1080. The molecule has 0 radical (unpaired) electrons. The predicted octanol–water partition coefficient (Wildman–Crippen LogP) is 3.86. The summed E-state index contributed by atoms with van der Waals surface area (Å²) in [4.78, 5) is 46.9. The smallest absolute Gasteiger partial charge is 0.330 e. The van der Waals surface area contributed by atoms with Crippen LogP contribution in [-0.2, 0) is 11.3 Å². The zero-order valence-electron chi connectivity index (χ0n) is 20.0. The van der Waals surface area contributed by atoms with Gasteiger partial charge in [0, 0.05) is 36.0 Å². The number of nitrogens with zero attached hydrogens (tertiary/aromatic N) is 4. The first kappa shape index (κ1) is 24.1. The number of carbonyl (C=O) groups is 3. The molecule has 4 amide bonds. The number of rotatable bonds is 4. The highest BCUT2D eigenvalue weighted by atomic mass is 35.5. The molecule has 0 saturated carbocycles. The third-order valence-corrected chi connectivity index (χ3v) is 6.62. The van der Waals surface area contributed by atoms with Gasteiger partial charge in [0.1, 0.15) is 11.9 Å². The van der Waals surface area contributed by atoms with Crippen LogP contribution in [0.15, 0.2) is 30.5 Å². The number of nitrogens with one attached hydrogen (secondary N) is 2. The molecule has 3 heterocycles. The highest BCUT2D eigenvalue weighted by Crippen LogP contribution is 2.27. The van der Waals surface area contributed by atoms with Crippen LogP contribution in [0.3, 0.4) is 0 Å². The summed E-state index contributed by atoms with van der Waals surface area (Å²) >= 11 is 5.90. The summed E-state index contributed by atoms with van der Waals surface area (Å²) in [6, 6.07) is 5.65. The maximum Gasteiger partial charge on any atom is 0.330 e. The molecule has 9 nitrogen and oxygen atoms in total. The molecule has 34 heavy (non-hydrogen) atoms. The maximum atomic E-state index is 13.4. The van der Waals surface area contributed by atoms with Gasteiger partial charge in [-0.2, -0.15) is 0 Å². The number of fused-ring (bicyclic) bond motifs is 1. The molecule has 4 rings (SSSR count). The number of aromatic nitrogens is 2. The van der Waals surface area contributed by atoms with Crippen molar-refractivity contribution >= 4 is 35.3 Å². The molecule has 0 spiro atoms. The molecule has 1 aromatic carbocycles. The van der Waals surface area contributed by atoms with E-state index < -0.39 is 17.5 Å². The van der Waals surface area contributed by atoms with Crippen molar-refractivity contribution in [3.63, 3.8) is 0 Å². The molecule has 2 aromatic rings. The third kappa shape index (κ3) is 5.04. The van der Waals surface area contributed by atoms with E-state index in [9.17, 15) is 14.4 Å². The van der Waals surface area contributed by atoms with Crippen molar-refractivity contribution in [2.24, 2.45) is 5.41 Å². The van der Waals surface area contributed by atoms with Crippen LogP contribution in [0.4, 0.5) is 15.3 Å². The van der Waals surface area contributed by atoms with E-state index in [4.69, 9.17) is 11.6 Å². The fourth-order valence-electron chi connectivity index (χ4n) is 4.53. The zero-order valence-corrected chi connectivity index (χ0v) is 20.7. The zero-order chi connectivity index (χ0) is 24.6.